The zero-order chi connectivity index (χ0) is 13.8. The fourth-order valence-corrected chi connectivity index (χ4v) is 2.26. The van der Waals surface area contributed by atoms with Gasteiger partial charge in [-0.05, 0) is 47.0 Å². The highest BCUT2D eigenvalue weighted by Crippen LogP contribution is 2.26. The molecule has 0 aromatic heterocycles. The molecule has 0 saturated heterocycles. The molecule has 1 amide bonds. The summed E-state index contributed by atoms with van der Waals surface area (Å²) in [6.45, 7) is 8.27. The number of carbonyl (C=O) groups excluding carboxylic acids is 1. The molecule has 5 nitrogen and oxygen atoms in total. The molecule has 3 N–H and O–H groups in total. The molecule has 3 atom stereocenters. The molecule has 1 unspecified atom stereocenters. The SMILES string of the molecule is CCNC(=O)[C@H]1CC[C@@H](NC(O)OC(C)(C)C)C1. The number of aliphatic hydroxyl groups excluding tert-OH is 1. The first-order valence-corrected chi connectivity index (χ1v) is 6.71. The van der Waals surface area contributed by atoms with Gasteiger partial charge in [0.25, 0.3) is 0 Å². The van der Waals surface area contributed by atoms with Crippen LogP contribution in [-0.4, -0.2) is 35.6 Å². The van der Waals surface area contributed by atoms with Gasteiger partial charge >= 0.3 is 0 Å². The third-order valence-electron chi connectivity index (χ3n) is 3.00. The number of nitrogens with one attached hydrogen (secondary N) is 2. The van der Waals surface area contributed by atoms with E-state index in [4.69, 9.17) is 4.74 Å². The smallest absolute Gasteiger partial charge is 0.223 e. The van der Waals surface area contributed by atoms with Crippen LogP contribution < -0.4 is 10.6 Å². The van der Waals surface area contributed by atoms with Crippen LogP contribution in [0.15, 0.2) is 0 Å². The zero-order valence-corrected chi connectivity index (χ0v) is 11.8. The molecule has 1 fully saturated rings. The lowest BCUT2D eigenvalue weighted by molar-refractivity contribution is -0.185. The van der Waals surface area contributed by atoms with Crippen LogP contribution in [0, 0.1) is 5.92 Å². The third-order valence-corrected chi connectivity index (χ3v) is 3.00. The number of aliphatic hydroxyl groups is 1. The number of hydrogen-bond donors (Lipinski definition) is 3. The van der Waals surface area contributed by atoms with Gasteiger partial charge in [-0.2, -0.15) is 0 Å². The molecular formula is C13H26N2O3. The van der Waals surface area contributed by atoms with Crippen molar-refractivity contribution in [2.24, 2.45) is 5.92 Å². The van der Waals surface area contributed by atoms with E-state index in [2.05, 4.69) is 10.6 Å². The number of hydrogen-bond acceptors (Lipinski definition) is 4. The van der Waals surface area contributed by atoms with Crippen molar-refractivity contribution in [3.63, 3.8) is 0 Å². The highest BCUT2D eigenvalue weighted by Gasteiger charge is 2.31. The van der Waals surface area contributed by atoms with E-state index in [0.29, 0.717) is 6.54 Å². The Kier molecular flexibility index (Phi) is 5.56. The number of carbonyl (C=O) groups is 1. The standard InChI is InChI=1S/C13H26N2O3/c1-5-14-11(16)9-6-7-10(8-9)15-12(17)18-13(2,3)4/h9-10,12,15,17H,5-8H2,1-4H3,(H,14,16)/t9-,10+,12?/m0/s1. The van der Waals surface area contributed by atoms with Crippen LogP contribution in [0.1, 0.15) is 47.0 Å². The minimum Gasteiger partial charge on any atom is -0.356 e. The van der Waals surface area contributed by atoms with Crippen molar-refractivity contribution < 1.29 is 14.6 Å². The quantitative estimate of drug-likeness (QED) is 0.643. The minimum atomic E-state index is -0.969. The van der Waals surface area contributed by atoms with Gasteiger partial charge in [-0.25, -0.2) is 0 Å². The molecule has 0 heterocycles. The van der Waals surface area contributed by atoms with Gasteiger partial charge in [0.15, 0.2) is 0 Å². The Morgan fingerprint density at radius 1 is 1.44 bits per heavy atom. The second kappa shape index (κ2) is 6.50. The first kappa shape index (κ1) is 15.4. The summed E-state index contributed by atoms with van der Waals surface area (Å²) in [6.07, 6.45) is 1.55. The van der Waals surface area contributed by atoms with E-state index in [0.717, 1.165) is 19.3 Å². The average molecular weight is 258 g/mol. The molecule has 106 valence electrons. The molecule has 5 heteroatoms. The van der Waals surface area contributed by atoms with Crippen molar-refractivity contribution in [3.8, 4) is 0 Å². The fourth-order valence-electron chi connectivity index (χ4n) is 2.26. The predicted molar refractivity (Wildman–Crippen MR) is 69.8 cm³/mol. The molecule has 1 rings (SSSR count). The van der Waals surface area contributed by atoms with E-state index >= 15 is 0 Å². The fraction of sp³-hybridized carbons (Fsp3) is 0.923. The van der Waals surface area contributed by atoms with Gasteiger partial charge in [-0.3, -0.25) is 10.1 Å². The molecule has 0 aromatic rings. The van der Waals surface area contributed by atoms with Crippen molar-refractivity contribution in [1.82, 2.24) is 10.6 Å². The summed E-state index contributed by atoms with van der Waals surface area (Å²) in [6, 6.07) is 0.148. The molecule has 0 aromatic carbocycles. The third kappa shape index (κ3) is 5.33. The number of ether oxygens (including phenoxy) is 1. The molecule has 0 aliphatic heterocycles. The maximum absolute atomic E-state index is 11.7. The second-order valence-corrected chi connectivity index (χ2v) is 5.85. The molecule has 0 bridgehead atoms. The molecule has 0 radical (unpaired) electrons. The van der Waals surface area contributed by atoms with Crippen molar-refractivity contribution in [2.75, 3.05) is 6.54 Å². The molecule has 1 saturated carbocycles. The molecular weight excluding hydrogens is 232 g/mol. The Hall–Kier alpha value is -0.650. The monoisotopic (exact) mass is 258 g/mol. The maximum atomic E-state index is 11.7. The maximum Gasteiger partial charge on any atom is 0.223 e. The first-order chi connectivity index (χ1) is 8.31. The number of rotatable bonds is 5. The second-order valence-electron chi connectivity index (χ2n) is 5.85. The average Bonchev–Trinajstić information content (AvgIpc) is 2.63. The van der Waals surface area contributed by atoms with Crippen LogP contribution >= 0.6 is 0 Å². The van der Waals surface area contributed by atoms with Gasteiger partial charge in [-0.15, -0.1) is 0 Å². The predicted octanol–water partition coefficient (Wildman–Crippen LogP) is 0.972. The summed E-state index contributed by atoms with van der Waals surface area (Å²) in [5.74, 6) is 0.178. The topological polar surface area (TPSA) is 70.6 Å². The van der Waals surface area contributed by atoms with Crippen molar-refractivity contribution in [2.45, 2.75) is 65.0 Å². The van der Waals surface area contributed by atoms with E-state index in [1.165, 1.54) is 0 Å². The van der Waals surface area contributed by atoms with Crippen LogP contribution in [0.5, 0.6) is 0 Å². The van der Waals surface area contributed by atoms with Crippen LogP contribution in [0.25, 0.3) is 0 Å². The molecule has 1 aliphatic carbocycles. The molecule has 1 aliphatic rings. The Balaban J connectivity index is 2.32. The Morgan fingerprint density at radius 3 is 2.67 bits per heavy atom. The van der Waals surface area contributed by atoms with E-state index < -0.39 is 6.41 Å². The summed E-state index contributed by atoms with van der Waals surface area (Å²) >= 11 is 0. The lowest BCUT2D eigenvalue weighted by Crippen LogP contribution is -2.43. The number of amides is 1. The highest BCUT2D eigenvalue weighted by molar-refractivity contribution is 5.78. The highest BCUT2D eigenvalue weighted by atomic mass is 16.6. The van der Waals surface area contributed by atoms with Crippen LogP contribution in [0.3, 0.4) is 0 Å². The minimum absolute atomic E-state index is 0.0595. The Bertz CT molecular complexity index is 276. The van der Waals surface area contributed by atoms with Gasteiger partial charge in [0.05, 0.1) is 5.60 Å². The zero-order valence-electron chi connectivity index (χ0n) is 11.8. The largest absolute Gasteiger partial charge is 0.356 e. The summed E-state index contributed by atoms with van der Waals surface area (Å²) in [5, 5.41) is 15.6. The van der Waals surface area contributed by atoms with Crippen LogP contribution in [-0.2, 0) is 9.53 Å². The normalized spacial score (nSPS) is 26.1. The van der Waals surface area contributed by atoms with Crippen molar-refractivity contribution in [3.05, 3.63) is 0 Å². The van der Waals surface area contributed by atoms with Crippen molar-refractivity contribution in [1.29, 1.82) is 0 Å². The van der Waals surface area contributed by atoms with Gasteiger partial charge in [0, 0.05) is 18.5 Å². The Morgan fingerprint density at radius 2 is 2.11 bits per heavy atom. The molecule has 18 heavy (non-hydrogen) atoms. The summed E-state index contributed by atoms with van der Waals surface area (Å²) in [7, 11) is 0. The van der Waals surface area contributed by atoms with Crippen LogP contribution in [0.4, 0.5) is 0 Å². The van der Waals surface area contributed by atoms with Gasteiger partial charge in [0.2, 0.25) is 12.3 Å². The van der Waals surface area contributed by atoms with Crippen molar-refractivity contribution >= 4 is 5.91 Å². The summed E-state index contributed by atoms with van der Waals surface area (Å²) in [4.78, 5) is 11.7. The van der Waals surface area contributed by atoms with E-state index in [9.17, 15) is 9.90 Å². The first-order valence-electron chi connectivity index (χ1n) is 6.71. The molecule has 0 spiro atoms. The Labute approximate surface area is 109 Å². The van der Waals surface area contributed by atoms with Gasteiger partial charge in [-0.1, -0.05) is 0 Å². The van der Waals surface area contributed by atoms with E-state index in [1.54, 1.807) is 0 Å². The van der Waals surface area contributed by atoms with Gasteiger partial charge < -0.3 is 15.2 Å². The lowest BCUT2D eigenvalue weighted by atomic mass is 10.1. The lowest BCUT2D eigenvalue weighted by Gasteiger charge is -2.26. The van der Waals surface area contributed by atoms with Gasteiger partial charge in [0.1, 0.15) is 0 Å². The van der Waals surface area contributed by atoms with E-state index in [-0.39, 0.29) is 23.5 Å². The van der Waals surface area contributed by atoms with E-state index in [1.807, 2.05) is 27.7 Å². The summed E-state index contributed by atoms with van der Waals surface area (Å²) < 4.78 is 5.39. The summed E-state index contributed by atoms with van der Waals surface area (Å²) in [5.41, 5.74) is -0.385. The van der Waals surface area contributed by atoms with Crippen LogP contribution in [0.2, 0.25) is 0 Å².